The third-order valence-corrected chi connectivity index (χ3v) is 2.81. The molecule has 0 saturated carbocycles. The Morgan fingerprint density at radius 2 is 2.27 bits per heavy atom. The van der Waals surface area contributed by atoms with Crippen molar-refractivity contribution in [3.8, 4) is 0 Å². The van der Waals surface area contributed by atoms with Crippen LogP contribution in [0.1, 0.15) is 16.7 Å². The Morgan fingerprint density at radius 3 is 2.93 bits per heavy atom. The summed E-state index contributed by atoms with van der Waals surface area (Å²) in [4.78, 5) is 12.2. The first kappa shape index (κ1) is 9.98. The van der Waals surface area contributed by atoms with Gasteiger partial charge in [0.15, 0.2) is 0 Å². The second kappa shape index (κ2) is 3.90. The van der Waals surface area contributed by atoms with Gasteiger partial charge in [-0.2, -0.15) is 0 Å². The Balaban J connectivity index is 2.34. The van der Waals surface area contributed by atoms with Crippen LogP contribution in [0.25, 0.3) is 0 Å². The number of amides is 1. The van der Waals surface area contributed by atoms with Crippen LogP contribution in [0, 0.1) is 0 Å². The molecule has 0 atom stereocenters. The molecule has 2 N–H and O–H groups in total. The van der Waals surface area contributed by atoms with Crippen molar-refractivity contribution in [2.45, 2.75) is 19.6 Å². The Bertz CT molecular complexity index is 375. The number of carbonyl (C=O) groups is 1. The van der Waals surface area contributed by atoms with E-state index >= 15 is 0 Å². The number of nitrogens with zero attached hydrogens (tertiary/aromatic N) is 1. The van der Waals surface area contributed by atoms with Gasteiger partial charge in [-0.25, -0.2) is 4.79 Å². The van der Waals surface area contributed by atoms with Crippen molar-refractivity contribution in [3.05, 3.63) is 34.9 Å². The lowest BCUT2D eigenvalue weighted by atomic mass is 9.95. The zero-order chi connectivity index (χ0) is 10.8. The van der Waals surface area contributed by atoms with E-state index in [0.29, 0.717) is 13.1 Å². The molecule has 1 aromatic rings. The molecule has 0 unspecified atom stereocenters. The van der Waals surface area contributed by atoms with Gasteiger partial charge >= 0.3 is 6.09 Å². The molecule has 15 heavy (non-hydrogen) atoms. The molecule has 0 saturated heterocycles. The number of rotatable bonds is 1. The fourth-order valence-electron chi connectivity index (χ4n) is 1.96. The van der Waals surface area contributed by atoms with Gasteiger partial charge in [0, 0.05) is 13.1 Å². The number of aliphatic hydroxyl groups excluding tert-OH is 1. The van der Waals surface area contributed by atoms with Crippen molar-refractivity contribution >= 4 is 6.09 Å². The molecule has 4 nitrogen and oxygen atoms in total. The minimum absolute atomic E-state index is 0.0311. The Kier molecular flexibility index (Phi) is 2.60. The molecule has 1 heterocycles. The van der Waals surface area contributed by atoms with Crippen molar-refractivity contribution in [2.75, 3.05) is 6.54 Å². The third-order valence-electron chi connectivity index (χ3n) is 2.81. The molecule has 0 fully saturated rings. The predicted molar refractivity (Wildman–Crippen MR) is 54.5 cm³/mol. The highest BCUT2D eigenvalue weighted by Gasteiger charge is 2.21. The lowest BCUT2D eigenvalue weighted by Crippen LogP contribution is -2.35. The Hall–Kier alpha value is -1.55. The van der Waals surface area contributed by atoms with Gasteiger partial charge in [-0.1, -0.05) is 18.2 Å². The standard InChI is InChI=1S/C11H13NO3/c13-7-9-3-1-2-8-4-5-12(11(14)15)6-10(8)9/h1-3,13H,4-7H2,(H,14,15). The average molecular weight is 207 g/mol. The second-order valence-corrected chi connectivity index (χ2v) is 3.67. The van der Waals surface area contributed by atoms with E-state index in [-0.39, 0.29) is 6.61 Å². The molecule has 1 aliphatic heterocycles. The third kappa shape index (κ3) is 1.80. The normalized spacial score (nSPS) is 14.9. The van der Waals surface area contributed by atoms with Crippen LogP contribution in [0.15, 0.2) is 18.2 Å². The van der Waals surface area contributed by atoms with E-state index in [1.165, 1.54) is 4.90 Å². The fourth-order valence-corrected chi connectivity index (χ4v) is 1.96. The van der Waals surface area contributed by atoms with Crippen molar-refractivity contribution in [2.24, 2.45) is 0 Å². The summed E-state index contributed by atoms with van der Waals surface area (Å²) in [5.41, 5.74) is 2.95. The molecule has 1 aliphatic rings. The van der Waals surface area contributed by atoms with Gasteiger partial charge in [0.05, 0.1) is 6.61 Å². The maximum Gasteiger partial charge on any atom is 0.407 e. The molecule has 0 radical (unpaired) electrons. The number of hydrogen-bond acceptors (Lipinski definition) is 2. The first-order valence-electron chi connectivity index (χ1n) is 4.90. The van der Waals surface area contributed by atoms with E-state index in [4.69, 9.17) is 10.2 Å². The van der Waals surface area contributed by atoms with Crippen LogP contribution in [0.4, 0.5) is 4.79 Å². The lowest BCUT2D eigenvalue weighted by Gasteiger charge is -2.27. The van der Waals surface area contributed by atoms with Crippen LogP contribution in [0.5, 0.6) is 0 Å². The molecule has 4 heteroatoms. The molecular formula is C11H13NO3. The zero-order valence-corrected chi connectivity index (χ0v) is 8.31. The summed E-state index contributed by atoms with van der Waals surface area (Å²) in [5, 5.41) is 18.0. The van der Waals surface area contributed by atoms with Crippen LogP contribution in [-0.4, -0.2) is 27.8 Å². The van der Waals surface area contributed by atoms with Crippen molar-refractivity contribution in [1.29, 1.82) is 0 Å². The minimum Gasteiger partial charge on any atom is -0.465 e. The maximum atomic E-state index is 10.8. The monoisotopic (exact) mass is 207 g/mol. The van der Waals surface area contributed by atoms with Gasteiger partial charge in [-0.05, 0) is 23.1 Å². The summed E-state index contributed by atoms with van der Waals surface area (Å²) >= 11 is 0. The highest BCUT2D eigenvalue weighted by Crippen LogP contribution is 2.22. The number of aliphatic hydroxyl groups is 1. The molecule has 1 amide bonds. The zero-order valence-electron chi connectivity index (χ0n) is 8.31. The molecule has 0 spiro atoms. The summed E-state index contributed by atoms with van der Waals surface area (Å²) in [6.45, 7) is 0.898. The molecule has 0 aromatic heterocycles. The van der Waals surface area contributed by atoms with Crippen molar-refractivity contribution in [3.63, 3.8) is 0 Å². The van der Waals surface area contributed by atoms with Crippen molar-refractivity contribution < 1.29 is 15.0 Å². The summed E-state index contributed by atoms with van der Waals surface area (Å²) < 4.78 is 0. The smallest absolute Gasteiger partial charge is 0.407 e. The summed E-state index contributed by atoms with van der Waals surface area (Å²) in [5.74, 6) is 0. The molecule has 0 aliphatic carbocycles. The summed E-state index contributed by atoms with van der Waals surface area (Å²) in [6, 6.07) is 5.73. The van der Waals surface area contributed by atoms with Crippen molar-refractivity contribution in [1.82, 2.24) is 4.90 Å². The highest BCUT2D eigenvalue weighted by atomic mass is 16.4. The molecule has 0 bridgehead atoms. The van der Waals surface area contributed by atoms with Crippen LogP contribution < -0.4 is 0 Å². The largest absolute Gasteiger partial charge is 0.465 e. The van der Waals surface area contributed by atoms with Gasteiger partial charge in [0.1, 0.15) is 0 Å². The SMILES string of the molecule is O=C(O)N1CCc2cccc(CO)c2C1. The average Bonchev–Trinajstić information content (AvgIpc) is 2.27. The van der Waals surface area contributed by atoms with E-state index in [2.05, 4.69) is 0 Å². The van der Waals surface area contributed by atoms with Crippen LogP contribution >= 0.6 is 0 Å². The highest BCUT2D eigenvalue weighted by molar-refractivity contribution is 5.65. The van der Waals surface area contributed by atoms with E-state index in [1.54, 1.807) is 0 Å². The quantitative estimate of drug-likeness (QED) is 0.727. The first-order chi connectivity index (χ1) is 7.22. The van der Waals surface area contributed by atoms with Gasteiger partial charge in [-0.3, -0.25) is 0 Å². The van der Waals surface area contributed by atoms with E-state index in [0.717, 1.165) is 23.1 Å². The number of fused-ring (bicyclic) bond motifs is 1. The second-order valence-electron chi connectivity index (χ2n) is 3.67. The lowest BCUT2D eigenvalue weighted by molar-refractivity contribution is 0.139. The first-order valence-corrected chi connectivity index (χ1v) is 4.90. The van der Waals surface area contributed by atoms with Gasteiger partial charge in [-0.15, -0.1) is 0 Å². The predicted octanol–water partition coefficient (Wildman–Crippen LogP) is 1.22. The minimum atomic E-state index is -0.895. The summed E-state index contributed by atoms with van der Waals surface area (Å²) in [7, 11) is 0. The number of benzene rings is 1. The summed E-state index contributed by atoms with van der Waals surface area (Å²) in [6.07, 6.45) is -0.163. The number of carboxylic acid groups (broad SMARTS) is 1. The molecule has 1 aromatic carbocycles. The van der Waals surface area contributed by atoms with E-state index in [1.807, 2.05) is 18.2 Å². The fraction of sp³-hybridized carbons (Fsp3) is 0.364. The van der Waals surface area contributed by atoms with Crippen LogP contribution in [0.2, 0.25) is 0 Å². The van der Waals surface area contributed by atoms with Gasteiger partial charge < -0.3 is 15.1 Å². The van der Waals surface area contributed by atoms with Crippen LogP contribution in [0.3, 0.4) is 0 Å². The van der Waals surface area contributed by atoms with Crippen LogP contribution in [-0.2, 0) is 19.6 Å². The topological polar surface area (TPSA) is 60.8 Å². The Labute approximate surface area is 87.8 Å². The maximum absolute atomic E-state index is 10.8. The molecule has 2 rings (SSSR count). The van der Waals surface area contributed by atoms with E-state index in [9.17, 15) is 4.79 Å². The molecule has 80 valence electrons. The number of hydrogen-bond donors (Lipinski definition) is 2. The van der Waals surface area contributed by atoms with Gasteiger partial charge in [0.2, 0.25) is 0 Å². The van der Waals surface area contributed by atoms with E-state index < -0.39 is 6.09 Å². The van der Waals surface area contributed by atoms with Gasteiger partial charge in [0.25, 0.3) is 0 Å². The molecular weight excluding hydrogens is 194 g/mol. The Morgan fingerprint density at radius 1 is 1.47 bits per heavy atom.